The number of halogens is 4. The Labute approximate surface area is 108 Å². The lowest BCUT2D eigenvalue weighted by Crippen LogP contribution is -2.39. The van der Waals surface area contributed by atoms with Crippen LogP contribution in [0.2, 0.25) is 5.02 Å². The largest absolute Gasteiger partial charge is 0.406 e. The summed E-state index contributed by atoms with van der Waals surface area (Å²) in [5, 5.41) is 0.383. The van der Waals surface area contributed by atoms with Gasteiger partial charge in [-0.2, -0.15) is 13.2 Å². The first kappa shape index (κ1) is 14.8. The summed E-state index contributed by atoms with van der Waals surface area (Å²) in [7, 11) is 0. The van der Waals surface area contributed by atoms with Crippen molar-refractivity contribution >= 4 is 17.5 Å². The second-order valence-corrected chi connectivity index (χ2v) is 4.20. The van der Waals surface area contributed by atoms with Crippen LogP contribution in [0.15, 0.2) is 24.3 Å². The fraction of sp³-hybridized carbons (Fsp3) is 0.417. The number of hydrogen-bond acceptors (Lipinski definition) is 1. The number of alkyl halides is 3. The third-order valence-corrected chi connectivity index (χ3v) is 2.77. The number of benzene rings is 1. The van der Waals surface area contributed by atoms with E-state index in [1.165, 1.54) is 6.92 Å². The Bertz CT molecular complexity index is 420. The maximum absolute atomic E-state index is 12.3. The molecule has 0 unspecified atom stereocenters. The molecule has 0 spiro atoms. The van der Waals surface area contributed by atoms with E-state index in [9.17, 15) is 18.0 Å². The smallest absolute Gasteiger partial charge is 0.334 e. The number of likely N-dealkylation sites (N-methyl/N-ethyl adjacent to an activating group) is 1. The lowest BCUT2D eigenvalue weighted by molar-refractivity contribution is -0.160. The Balaban J connectivity index is 2.72. The van der Waals surface area contributed by atoms with Crippen LogP contribution in [-0.2, 0) is 11.2 Å². The van der Waals surface area contributed by atoms with Gasteiger partial charge in [-0.15, -0.1) is 0 Å². The average Bonchev–Trinajstić information content (AvgIpc) is 2.27. The van der Waals surface area contributed by atoms with Gasteiger partial charge >= 0.3 is 6.18 Å². The molecule has 0 fully saturated rings. The zero-order valence-electron chi connectivity index (χ0n) is 9.80. The average molecular weight is 280 g/mol. The van der Waals surface area contributed by atoms with Gasteiger partial charge in [-0.3, -0.25) is 4.79 Å². The van der Waals surface area contributed by atoms with E-state index in [1.807, 2.05) is 0 Å². The normalized spacial score (nSPS) is 11.4. The number of nitrogens with zero attached hydrogens (tertiary/aromatic N) is 1. The molecule has 1 rings (SSSR count). The van der Waals surface area contributed by atoms with Crippen molar-refractivity contribution in [3.05, 3.63) is 34.9 Å². The van der Waals surface area contributed by atoms with Crippen LogP contribution >= 0.6 is 11.6 Å². The molecule has 0 aromatic heterocycles. The van der Waals surface area contributed by atoms with Crippen molar-refractivity contribution in [3.63, 3.8) is 0 Å². The van der Waals surface area contributed by atoms with Crippen LogP contribution < -0.4 is 0 Å². The summed E-state index contributed by atoms with van der Waals surface area (Å²) in [6.07, 6.45) is -4.50. The van der Waals surface area contributed by atoms with Crippen LogP contribution in [0.1, 0.15) is 12.5 Å². The van der Waals surface area contributed by atoms with Crippen LogP contribution in [0.25, 0.3) is 0 Å². The van der Waals surface area contributed by atoms with E-state index < -0.39 is 18.6 Å². The quantitative estimate of drug-likeness (QED) is 0.828. The second kappa shape index (κ2) is 6.09. The van der Waals surface area contributed by atoms with Crippen LogP contribution in [0.5, 0.6) is 0 Å². The molecule has 0 radical (unpaired) electrons. The standard InChI is InChI=1S/C12H13ClF3NO/c1-2-17(8-12(14,15)16)11(18)7-9-5-3-4-6-10(9)13/h3-6H,2,7-8H2,1H3. The molecule has 0 saturated carbocycles. The van der Waals surface area contributed by atoms with Gasteiger partial charge in [0.15, 0.2) is 0 Å². The molecule has 0 N–H and O–H groups in total. The molecule has 18 heavy (non-hydrogen) atoms. The number of carbonyl (C=O) groups is 1. The zero-order valence-corrected chi connectivity index (χ0v) is 10.6. The van der Waals surface area contributed by atoms with Crippen molar-refractivity contribution < 1.29 is 18.0 Å². The number of rotatable bonds is 4. The molecule has 2 nitrogen and oxygen atoms in total. The first-order valence-corrected chi connectivity index (χ1v) is 5.79. The van der Waals surface area contributed by atoms with Crippen LogP contribution in [-0.4, -0.2) is 30.1 Å². The van der Waals surface area contributed by atoms with Crippen LogP contribution in [0.4, 0.5) is 13.2 Å². The van der Waals surface area contributed by atoms with Gasteiger partial charge in [0.05, 0.1) is 6.42 Å². The summed E-state index contributed by atoms with van der Waals surface area (Å²) in [5.74, 6) is -0.581. The molecule has 0 aliphatic heterocycles. The van der Waals surface area contributed by atoms with Gasteiger partial charge in [0.1, 0.15) is 6.54 Å². The topological polar surface area (TPSA) is 20.3 Å². The van der Waals surface area contributed by atoms with Crippen LogP contribution in [0, 0.1) is 0 Å². The monoisotopic (exact) mass is 279 g/mol. The van der Waals surface area contributed by atoms with Crippen molar-refractivity contribution in [2.45, 2.75) is 19.5 Å². The van der Waals surface area contributed by atoms with Crippen molar-refractivity contribution in [1.82, 2.24) is 4.90 Å². The van der Waals surface area contributed by atoms with E-state index in [0.29, 0.717) is 10.6 Å². The maximum Gasteiger partial charge on any atom is 0.406 e. The van der Waals surface area contributed by atoms with E-state index in [1.54, 1.807) is 24.3 Å². The summed E-state index contributed by atoms with van der Waals surface area (Å²) in [5.41, 5.74) is 0.532. The summed E-state index contributed by atoms with van der Waals surface area (Å²) in [4.78, 5) is 12.5. The molecule has 6 heteroatoms. The minimum atomic E-state index is -4.38. The third kappa shape index (κ3) is 4.56. The van der Waals surface area contributed by atoms with Gasteiger partial charge in [0.2, 0.25) is 5.91 Å². The predicted molar refractivity (Wildman–Crippen MR) is 63.5 cm³/mol. The van der Waals surface area contributed by atoms with Crippen molar-refractivity contribution in [2.75, 3.05) is 13.1 Å². The SMILES string of the molecule is CCN(CC(F)(F)F)C(=O)Cc1ccccc1Cl. The minimum Gasteiger partial charge on any atom is -0.334 e. The zero-order chi connectivity index (χ0) is 13.8. The molecule has 0 heterocycles. The van der Waals surface area contributed by atoms with Crippen molar-refractivity contribution in [2.24, 2.45) is 0 Å². The summed E-state index contributed by atoms with van der Waals surface area (Å²) < 4.78 is 36.8. The van der Waals surface area contributed by atoms with E-state index in [-0.39, 0.29) is 13.0 Å². The number of hydrogen-bond donors (Lipinski definition) is 0. The molecule has 0 aliphatic carbocycles. The minimum absolute atomic E-state index is 0.0167. The first-order chi connectivity index (χ1) is 8.33. The third-order valence-electron chi connectivity index (χ3n) is 2.40. The molecule has 1 aromatic rings. The molecule has 0 saturated heterocycles. The fourth-order valence-electron chi connectivity index (χ4n) is 1.51. The number of carbonyl (C=O) groups excluding carboxylic acids is 1. The van der Waals surface area contributed by atoms with Gasteiger partial charge in [-0.1, -0.05) is 29.8 Å². The predicted octanol–water partition coefficient (Wildman–Crippen LogP) is 3.29. The Morgan fingerprint density at radius 3 is 2.44 bits per heavy atom. The van der Waals surface area contributed by atoms with E-state index >= 15 is 0 Å². The maximum atomic E-state index is 12.3. The Hall–Kier alpha value is -1.23. The van der Waals surface area contributed by atoms with Crippen molar-refractivity contribution in [3.8, 4) is 0 Å². The van der Waals surface area contributed by atoms with Crippen LogP contribution in [0.3, 0.4) is 0 Å². The highest BCUT2D eigenvalue weighted by atomic mass is 35.5. The second-order valence-electron chi connectivity index (χ2n) is 3.79. The van der Waals surface area contributed by atoms with Gasteiger partial charge in [0.25, 0.3) is 0 Å². The Kier molecular flexibility index (Phi) is 5.02. The van der Waals surface area contributed by atoms with Crippen molar-refractivity contribution in [1.29, 1.82) is 0 Å². The van der Waals surface area contributed by atoms with E-state index in [2.05, 4.69) is 0 Å². The highest BCUT2D eigenvalue weighted by Crippen LogP contribution is 2.19. The highest BCUT2D eigenvalue weighted by molar-refractivity contribution is 6.31. The Morgan fingerprint density at radius 1 is 1.33 bits per heavy atom. The molecule has 0 bridgehead atoms. The molecular formula is C12H13ClF3NO. The van der Waals surface area contributed by atoms with Gasteiger partial charge in [-0.25, -0.2) is 0 Å². The molecule has 0 atom stereocenters. The summed E-state index contributed by atoms with van der Waals surface area (Å²) in [6.45, 7) is 0.297. The van der Waals surface area contributed by atoms with E-state index in [0.717, 1.165) is 4.90 Å². The molecule has 1 aromatic carbocycles. The van der Waals surface area contributed by atoms with Gasteiger partial charge < -0.3 is 4.90 Å². The Morgan fingerprint density at radius 2 is 1.94 bits per heavy atom. The summed E-state index contributed by atoms with van der Waals surface area (Å²) >= 11 is 5.86. The van der Waals surface area contributed by atoms with E-state index in [4.69, 9.17) is 11.6 Å². The summed E-state index contributed by atoms with van der Waals surface area (Å²) in [6, 6.07) is 6.62. The molecular weight excluding hydrogens is 267 g/mol. The molecule has 0 aliphatic rings. The van der Waals surface area contributed by atoms with Gasteiger partial charge in [0, 0.05) is 11.6 Å². The first-order valence-electron chi connectivity index (χ1n) is 5.41. The number of amides is 1. The lowest BCUT2D eigenvalue weighted by atomic mass is 10.1. The highest BCUT2D eigenvalue weighted by Gasteiger charge is 2.32. The fourth-order valence-corrected chi connectivity index (χ4v) is 1.71. The van der Waals surface area contributed by atoms with Gasteiger partial charge in [-0.05, 0) is 18.6 Å². The molecule has 1 amide bonds. The lowest BCUT2D eigenvalue weighted by Gasteiger charge is -2.22. The molecule has 100 valence electrons.